The van der Waals surface area contributed by atoms with Crippen LogP contribution in [-0.4, -0.2) is 45.5 Å². The van der Waals surface area contributed by atoms with E-state index >= 15 is 0 Å². The molecule has 2 aromatic rings. The molecule has 0 N–H and O–H groups in total. The van der Waals surface area contributed by atoms with E-state index < -0.39 is 48.4 Å². The first kappa shape index (κ1) is 15.9. The van der Waals surface area contributed by atoms with Gasteiger partial charge in [-0.25, -0.2) is 0 Å². The Labute approximate surface area is 124 Å². The second-order valence-electron chi connectivity index (χ2n) is 6.84. The van der Waals surface area contributed by atoms with Gasteiger partial charge in [-0.15, -0.1) is 0 Å². The molecule has 1 heterocycles. The standard InChI is InChI=1S/C6F2N2S.6CH3.2Sn/c7-3-1-5-6(2-4(3)8)10-11-9-5;;;;;;;;/h;6*1H3;;. The molecule has 104 valence electrons. The molecule has 0 aliphatic rings. The van der Waals surface area contributed by atoms with Crippen molar-refractivity contribution in [3.63, 3.8) is 0 Å². The third-order valence-corrected chi connectivity index (χ3v) is 14.8. The molecule has 0 saturated carbocycles. The maximum absolute atomic E-state index is 14.5. The zero-order valence-corrected chi connectivity index (χ0v) is 18.6. The number of benzene rings is 1. The van der Waals surface area contributed by atoms with Gasteiger partial charge >= 0.3 is 125 Å². The van der Waals surface area contributed by atoms with E-state index in [9.17, 15) is 8.78 Å². The molecule has 1 aromatic heterocycles. The van der Waals surface area contributed by atoms with Gasteiger partial charge in [0, 0.05) is 0 Å². The summed E-state index contributed by atoms with van der Waals surface area (Å²) >= 11 is -4.50. The fourth-order valence-corrected chi connectivity index (χ4v) is 12.8. The number of nitrogens with zero attached hydrogens (tertiary/aromatic N) is 2. The summed E-state index contributed by atoms with van der Waals surface area (Å²) in [6.07, 6.45) is 0. The number of rotatable bonds is 2. The van der Waals surface area contributed by atoms with Crippen LogP contribution in [0.1, 0.15) is 0 Å². The third-order valence-electron chi connectivity index (χ3n) is 3.09. The van der Waals surface area contributed by atoms with Gasteiger partial charge in [0.05, 0.1) is 0 Å². The van der Waals surface area contributed by atoms with Crippen molar-refractivity contribution in [1.82, 2.24) is 8.75 Å². The zero-order chi connectivity index (χ0) is 14.6. The zero-order valence-electron chi connectivity index (χ0n) is 12.1. The van der Waals surface area contributed by atoms with Crippen LogP contribution in [0.3, 0.4) is 0 Å². The Morgan fingerprint density at radius 2 is 1.05 bits per heavy atom. The molecule has 0 radical (unpaired) electrons. The summed E-state index contributed by atoms with van der Waals surface area (Å²) in [7, 11) is 0. The quantitative estimate of drug-likeness (QED) is 0.596. The molecule has 0 bridgehead atoms. The SMILES string of the molecule is [CH3][Sn]([CH3])([CH3])[c]1c(F)c(F)[c]([Sn]([CH3])([CH3])[CH3])c2nsnc12. The molecule has 0 amide bonds. The van der Waals surface area contributed by atoms with Crippen molar-refractivity contribution in [2.45, 2.75) is 29.6 Å². The Balaban J connectivity index is 2.99. The first-order valence-corrected chi connectivity index (χ1v) is 26.9. The monoisotopic (exact) mass is 500 g/mol. The van der Waals surface area contributed by atoms with E-state index in [4.69, 9.17) is 0 Å². The van der Waals surface area contributed by atoms with Crippen LogP contribution in [0.2, 0.25) is 29.6 Å². The summed E-state index contributed by atoms with van der Waals surface area (Å²) in [6.45, 7) is 0. The van der Waals surface area contributed by atoms with Gasteiger partial charge in [-0.3, -0.25) is 0 Å². The first-order valence-electron chi connectivity index (χ1n) is 6.19. The Morgan fingerprint density at radius 3 is 1.32 bits per heavy atom. The predicted molar refractivity (Wildman–Crippen MR) is 83.3 cm³/mol. The van der Waals surface area contributed by atoms with Crippen LogP contribution in [0.25, 0.3) is 11.0 Å². The van der Waals surface area contributed by atoms with Crippen LogP contribution >= 0.6 is 11.7 Å². The van der Waals surface area contributed by atoms with Crippen molar-refractivity contribution in [1.29, 1.82) is 0 Å². The molecule has 0 aliphatic carbocycles. The van der Waals surface area contributed by atoms with Crippen LogP contribution in [0.4, 0.5) is 8.78 Å². The minimum absolute atomic E-state index is 0.551. The molecule has 0 aliphatic heterocycles. The van der Waals surface area contributed by atoms with Crippen molar-refractivity contribution < 1.29 is 8.78 Å². The molecule has 0 atom stereocenters. The normalized spacial score (nSPS) is 13.3. The predicted octanol–water partition coefficient (Wildman–Crippen LogP) is 3.06. The third kappa shape index (κ3) is 2.79. The van der Waals surface area contributed by atoms with Gasteiger partial charge in [0.25, 0.3) is 0 Å². The van der Waals surface area contributed by atoms with E-state index in [2.05, 4.69) is 38.4 Å². The van der Waals surface area contributed by atoms with Crippen molar-refractivity contribution in [3.8, 4) is 0 Å². The average molecular weight is 498 g/mol. The van der Waals surface area contributed by atoms with Gasteiger partial charge in [0.1, 0.15) is 0 Å². The fraction of sp³-hybridized carbons (Fsp3) is 0.500. The molecule has 0 fully saturated rings. The molecule has 2 rings (SSSR count). The summed E-state index contributed by atoms with van der Waals surface area (Å²) in [4.78, 5) is 12.4. The fourth-order valence-electron chi connectivity index (χ4n) is 2.31. The van der Waals surface area contributed by atoms with Crippen LogP contribution in [0.5, 0.6) is 0 Å². The number of hydrogen-bond donors (Lipinski definition) is 0. The minimum atomic E-state index is -2.78. The molecular formula is C12H18F2N2SSn2. The molecular weight excluding hydrogens is 480 g/mol. The van der Waals surface area contributed by atoms with E-state index in [1.54, 1.807) is 0 Å². The van der Waals surface area contributed by atoms with Crippen molar-refractivity contribution in [2.75, 3.05) is 0 Å². The molecule has 0 saturated heterocycles. The van der Waals surface area contributed by atoms with E-state index in [0.29, 0.717) is 18.2 Å². The van der Waals surface area contributed by atoms with Crippen LogP contribution in [-0.2, 0) is 0 Å². The van der Waals surface area contributed by atoms with E-state index in [0.717, 1.165) is 11.7 Å². The Bertz CT molecular complexity index is 588. The average Bonchev–Trinajstić information content (AvgIpc) is 2.62. The van der Waals surface area contributed by atoms with Crippen molar-refractivity contribution in [2.24, 2.45) is 0 Å². The molecule has 7 heteroatoms. The number of aromatic nitrogens is 2. The molecule has 1 aromatic carbocycles. The van der Waals surface area contributed by atoms with Crippen LogP contribution in [0, 0.1) is 11.6 Å². The van der Waals surface area contributed by atoms with Gasteiger partial charge in [-0.1, -0.05) is 0 Å². The summed E-state index contributed by atoms with van der Waals surface area (Å²) in [5, 5.41) is 0. The van der Waals surface area contributed by atoms with Gasteiger partial charge in [-0.05, 0) is 0 Å². The summed E-state index contributed by atoms with van der Waals surface area (Å²) in [6, 6.07) is 0. The Hall–Kier alpha value is 0.497. The summed E-state index contributed by atoms with van der Waals surface area (Å²) in [5.74, 6) is -1.30. The molecule has 0 spiro atoms. The van der Waals surface area contributed by atoms with E-state index in [1.807, 2.05) is 0 Å². The van der Waals surface area contributed by atoms with Gasteiger partial charge in [-0.2, -0.15) is 0 Å². The van der Waals surface area contributed by atoms with Crippen molar-refractivity contribution in [3.05, 3.63) is 11.6 Å². The van der Waals surface area contributed by atoms with Gasteiger partial charge in [0.2, 0.25) is 0 Å². The van der Waals surface area contributed by atoms with Crippen molar-refractivity contribution >= 4 is 66.7 Å². The number of fused-ring (bicyclic) bond motifs is 1. The molecule has 2 nitrogen and oxygen atoms in total. The van der Waals surface area contributed by atoms with Gasteiger partial charge < -0.3 is 0 Å². The van der Waals surface area contributed by atoms with E-state index in [1.165, 1.54) is 0 Å². The van der Waals surface area contributed by atoms with Crippen LogP contribution in [0.15, 0.2) is 0 Å². The van der Waals surface area contributed by atoms with E-state index in [-0.39, 0.29) is 0 Å². The topological polar surface area (TPSA) is 25.8 Å². The molecule has 19 heavy (non-hydrogen) atoms. The first-order chi connectivity index (χ1) is 8.55. The maximum atomic E-state index is 14.5. The number of hydrogen-bond acceptors (Lipinski definition) is 3. The second-order valence-corrected chi connectivity index (χ2v) is 35.9. The second kappa shape index (κ2) is 5.05. The molecule has 0 unspecified atom stereocenters. The summed E-state index contributed by atoms with van der Waals surface area (Å²) in [5.41, 5.74) is 1.27. The summed E-state index contributed by atoms with van der Waals surface area (Å²) < 4.78 is 38.7. The Morgan fingerprint density at radius 1 is 0.737 bits per heavy atom. The van der Waals surface area contributed by atoms with Crippen LogP contribution < -0.4 is 7.16 Å². The number of halogens is 2. The van der Waals surface area contributed by atoms with Gasteiger partial charge in [0.15, 0.2) is 0 Å². The Kier molecular flexibility index (Phi) is 4.22.